The second-order valence-electron chi connectivity index (χ2n) is 5.03. The van der Waals surface area contributed by atoms with Crippen LogP contribution in [0.25, 0.3) is 10.2 Å². The predicted molar refractivity (Wildman–Crippen MR) is 82.9 cm³/mol. The smallest absolute Gasteiger partial charge is 0.292 e. The molecular formula is C13H13N5OS2. The van der Waals surface area contributed by atoms with E-state index in [0.29, 0.717) is 11.6 Å². The standard InChI is InChI=1S/C13H13N5OS2/c1-6-14-11(20-5-9-16-13(19)18-17-9)10-7-3-2-4-8(7)21-12(10)15-6/h2-5H2,1H3,(H2,16,17,18,19). The van der Waals surface area contributed by atoms with Crippen LogP contribution in [0.4, 0.5) is 0 Å². The molecule has 1 aliphatic carbocycles. The van der Waals surface area contributed by atoms with Crippen molar-refractivity contribution in [3.63, 3.8) is 0 Å². The Morgan fingerprint density at radius 1 is 1.33 bits per heavy atom. The molecule has 21 heavy (non-hydrogen) atoms. The van der Waals surface area contributed by atoms with E-state index in [1.807, 2.05) is 6.92 Å². The monoisotopic (exact) mass is 319 g/mol. The fourth-order valence-electron chi connectivity index (χ4n) is 2.68. The Hall–Kier alpha value is -1.67. The second-order valence-corrected chi connectivity index (χ2v) is 7.07. The molecule has 0 unspecified atom stereocenters. The maximum Gasteiger partial charge on any atom is 0.340 e. The number of hydrogen-bond donors (Lipinski definition) is 2. The van der Waals surface area contributed by atoms with Gasteiger partial charge in [0.1, 0.15) is 21.5 Å². The summed E-state index contributed by atoms with van der Waals surface area (Å²) < 4.78 is 0. The van der Waals surface area contributed by atoms with Crippen molar-refractivity contribution in [3.8, 4) is 0 Å². The number of nitrogens with one attached hydrogen (secondary N) is 2. The van der Waals surface area contributed by atoms with Crippen molar-refractivity contribution in [2.75, 3.05) is 0 Å². The average molecular weight is 319 g/mol. The SMILES string of the molecule is Cc1nc(SCc2n[nH]c(=O)[nH]2)c2c3c(sc2n1)CCC3. The molecule has 3 aromatic rings. The molecule has 0 fully saturated rings. The van der Waals surface area contributed by atoms with Gasteiger partial charge in [-0.2, -0.15) is 5.10 Å². The minimum atomic E-state index is -0.272. The molecule has 2 N–H and O–H groups in total. The van der Waals surface area contributed by atoms with Crippen molar-refractivity contribution in [2.24, 2.45) is 0 Å². The molecule has 3 aromatic heterocycles. The van der Waals surface area contributed by atoms with Crippen molar-refractivity contribution in [1.82, 2.24) is 25.1 Å². The second kappa shape index (κ2) is 4.96. The largest absolute Gasteiger partial charge is 0.340 e. The summed E-state index contributed by atoms with van der Waals surface area (Å²) in [6, 6.07) is 0. The highest BCUT2D eigenvalue weighted by molar-refractivity contribution is 7.98. The highest BCUT2D eigenvalue weighted by Gasteiger charge is 2.22. The number of rotatable bonds is 3. The molecule has 0 amide bonds. The third-order valence-electron chi connectivity index (χ3n) is 3.54. The number of thioether (sulfide) groups is 1. The Kier molecular flexibility index (Phi) is 3.07. The number of hydrogen-bond acceptors (Lipinski definition) is 6. The quantitative estimate of drug-likeness (QED) is 0.571. The summed E-state index contributed by atoms with van der Waals surface area (Å²) in [4.78, 5) is 25.5. The van der Waals surface area contributed by atoms with Gasteiger partial charge >= 0.3 is 5.69 Å². The Balaban J connectivity index is 1.74. The van der Waals surface area contributed by atoms with Crippen molar-refractivity contribution >= 4 is 33.3 Å². The van der Waals surface area contributed by atoms with Gasteiger partial charge in [0.2, 0.25) is 0 Å². The third kappa shape index (κ3) is 2.28. The third-order valence-corrected chi connectivity index (χ3v) is 5.71. The van der Waals surface area contributed by atoms with E-state index in [1.54, 1.807) is 23.1 Å². The lowest BCUT2D eigenvalue weighted by molar-refractivity contribution is 0.914. The predicted octanol–water partition coefficient (Wildman–Crippen LogP) is 2.19. The van der Waals surface area contributed by atoms with Crippen LogP contribution in [0.3, 0.4) is 0 Å². The lowest BCUT2D eigenvalue weighted by Gasteiger charge is -2.04. The van der Waals surface area contributed by atoms with E-state index in [1.165, 1.54) is 22.2 Å². The first kappa shape index (κ1) is 13.0. The van der Waals surface area contributed by atoms with Crippen LogP contribution in [0, 0.1) is 6.92 Å². The zero-order valence-corrected chi connectivity index (χ0v) is 13.0. The van der Waals surface area contributed by atoms with E-state index in [0.717, 1.165) is 28.5 Å². The van der Waals surface area contributed by atoms with Crippen molar-refractivity contribution < 1.29 is 0 Å². The highest BCUT2D eigenvalue weighted by atomic mass is 32.2. The summed E-state index contributed by atoms with van der Waals surface area (Å²) in [5, 5.41) is 8.53. The Bertz CT molecular complexity index is 878. The zero-order chi connectivity index (χ0) is 14.4. The van der Waals surface area contributed by atoms with Gasteiger partial charge in [-0.15, -0.1) is 11.3 Å². The van der Waals surface area contributed by atoms with Crippen LogP contribution in [0.15, 0.2) is 9.82 Å². The number of fused-ring (bicyclic) bond motifs is 3. The molecule has 8 heteroatoms. The number of nitrogens with zero attached hydrogens (tertiary/aromatic N) is 3. The van der Waals surface area contributed by atoms with E-state index in [-0.39, 0.29) is 5.69 Å². The Labute approximate surface area is 128 Å². The summed E-state index contributed by atoms with van der Waals surface area (Å²) in [6.45, 7) is 1.92. The number of H-pyrrole nitrogens is 2. The summed E-state index contributed by atoms with van der Waals surface area (Å²) in [6.07, 6.45) is 3.50. The molecule has 6 nitrogen and oxygen atoms in total. The van der Waals surface area contributed by atoms with E-state index >= 15 is 0 Å². The molecule has 0 spiro atoms. The molecule has 0 aromatic carbocycles. The first-order chi connectivity index (χ1) is 10.2. The van der Waals surface area contributed by atoms with Gasteiger partial charge in [-0.25, -0.2) is 19.9 Å². The van der Waals surface area contributed by atoms with Crippen LogP contribution < -0.4 is 5.69 Å². The average Bonchev–Trinajstić information content (AvgIpc) is 3.11. The minimum Gasteiger partial charge on any atom is -0.292 e. The van der Waals surface area contributed by atoms with Crippen LogP contribution in [-0.4, -0.2) is 25.1 Å². The van der Waals surface area contributed by atoms with Crippen LogP contribution in [-0.2, 0) is 18.6 Å². The van der Waals surface area contributed by atoms with Gasteiger partial charge in [-0.3, -0.25) is 4.98 Å². The molecule has 3 heterocycles. The fourth-order valence-corrected chi connectivity index (χ4v) is 5.02. The van der Waals surface area contributed by atoms with Gasteiger partial charge < -0.3 is 0 Å². The van der Waals surface area contributed by atoms with Gasteiger partial charge in [0.15, 0.2) is 0 Å². The van der Waals surface area contributed by atoms with Gasteiger partial charge in [0.05, 0.1) is 5.75 Å². The molecule has 4 rings (SSSR count). The van der Waals surface area contributed by atoms with Gasteiger partial charge in [0.25, 0.3) is 0 Å². The molecule has 0 aliphatic heterocycles. The molecule has 0 saturated heterocycles. The van der Waals surface area contributed by atoms with Crippen LogP contribution >= 0.6 is 23.1 Å². The molecule has 108 valence electrons. The van der Waals surface area contributed by atoms with Gasteiger partial charge in [-0.1, -0.05) is 11.8 Å². The molecule has 1 aliphatic rings. The topological polar surface area (TPSA) is 87.3 Å². The summed E-state index contributed by atoms with van der Waals surface area (Å²) in [5.41, 5.74) is 1.15. The Morgan fingerprint density at radius 3 is 3.05 bits per heavy atom. The van der Waals surface area contributed by atoms with Gasteiger partial charge in [0, 0.05) is 10.3 Å². The van der Waals surface area contributed by atoms with Crippen molar-refractivity contribution in [2.45, 2.75) is 37.0 Å². The molecule has 0 saturated carbocycles. The van der Waals surface area contributed by atoms with Crippen molar-refractivity contribution in [1.29, 1.82) is 0 Å². The molecule has 0 atom stereocenters. The summed E-state index contributed by atoms with van der Waals surface area (Å²) in [5.74, 6) is 2.02. The van der Waals surface area contributed by atoms with Crippen LogP contribution in [0.5, 0.6) is 0 Å². The maximum atomic E-state index is 11.1. The van der Waals surface area contributed by atoms with Gasteiger partial charge in [-0.05, 0) is 31.7 Å². The van der Waals surface area contributed by atoms with E-state index < -0.39 is 0 Å². The maximum absolute atomic E-state index is 11.1. The highest BCUT2D eigenvalue weighted by Crippen LogP contribution is 2.40. The molecule has 0 bridgehead atoms. The molecule has 0 radical (unpaired) electrons. The summed E-state index contributed by atoms with van der Waals surface area (Å²) in [7, 11) is 0. The number of aromatic amines is 2. The van der Waals surface area contributed by atoms with Crippen molar-refractivity contribution in [3.05, 3.63) is 32.6 Å². The first-order valence-corrected chi connectivity index (χ1v) is 8.56. The van der Waals surface area contributed by atoms with Crippen LogP contribution in [0.2, 0.25) is 0 Å². The van der Waals surface area contributed by atoms with E-state index in [4.69, 9.17) is 0 Å². The normalized spacial score (nSPS) is 14.0. The zero-order valence-electron chi connectivity index (χ0n) is 11.4. The number of thiophene rings is 1. The Morgan fingerprint density at radius 2 is 2.24 bits per heavy atom. The fraction of sp³-hybridized carbons (Fsp3) is 0.385. The minimum absolute atomic E-state index is 0.272. The first-order valence-electron chi connectivity index (χ1n) is 6.76. The van der Waals surface area contributed by atoms with Crippen LogP contribution in [0.1, 0.15) is 28.5 Å². The van der Waals surface area contributed by atoms with E-state index in [9.17, 15) is 4.79 Å². The van der Waals surface area contributed by atoms with E-state index in [2.05, 4.69) is 25.1 Å². The lowest BCUT2D eigenvalue weighted by atomic mass is 10.2. The lowest BCUT2D eigenvalue weighted by Crippen LogP contribution is -2.01. The summed E-state index contributed by atoms with van der Waals surface area (Å²) >= 11 is 3.40. The number of aromatic nitrogens is 5. The number of aryl methyl sites for hydroxylation is 3. The molecular weight excluding hydrogens is 306 g/mol.